The lowest BCUT2D eigenvalue weighted by atomic mass is 10.1. The number of phenols is 1. The molecule has 0 saturated carbocycles. The van der Waals surface area contributed by atoms with Gasteiger partial charge in [-0.1, -0.05) is 54.6 Å². The zero-order chi connectivity index (χ0) is 18.8. The first-order chi connectivity index (χ1) is 13.1. The molecule has 0 fully saturated rings. The van der Waals surface area contributed by atoms with Crippen LogP contribution in [0, 0.1) is 6.92 Å². The number of ketones is 1. The summed E-state index contributed by atoms with van der Waals surface area (Å²) in [5.74, 6) is 0.0652. The van der Waals surface area contributed by atoms with E-state index < -0.39 is 0 Å². The monoisotopic (exact) mass is 353 g/mol. The predicted octanol–water partition coefficient (Wildman–Crippen LogP) is 5.54. The molecule has 1 heterocycles. The van der Waals surface area contributed by atoms with Crippen LogP contribution >= 0.6 is 0 Å². The molecule has 0 radical (unpaired) electrons. The number of rotatable bonds is 4. The van der Waals surface area contributed by atoms with E-state index in [1.165, 1.54) is 0 Å². The standard InChI is InChI=1S/C24H19NO2/c1-17-24(23(27)15-12-18-8-4-2-5-9-18)21-16-20(26)13-14-22(21)25(17)19-10-6-3-7-11-19/h2-16,26H,1H3/b15-12+. The van der Waals surface area contributed by atoms with Crippen molar-refractivity contribution in [3.05, 3.63) is 102 Å². The number of aromatic hydroxyl groups is 1. The Labute approximate surface area is 157 Å². The summed E-state index contributed by atoms with van der Waals surface area (Å²) in [5.41, 5.74) is 4.31. The number of allylic oxidation sites excluding steroid dienone is 1. The topological polar surface area (TPSA) is 42.2 Å². The molecule has 3 aromatic carbocycles. The normalized spacial score (nSPS) is 11.3. The van der Waals surface area contributed by atoms with Gasteiger partial charge in [0, 0.05) is 16.8 Å². The van der Waals surface area contributed by atoms with Crippen LogP contribution in [-0.2, 0) is 0 Å². The quantitative estimate of drug-likeness (QED) is 0.386. The third kappa shape index (κ3) is 3.15. The SMILES string of the molecule is Cc1c(C(=O)/C=C/c2ccccc2)c2cc(O)ccc2n1-c1ccccc1. The fourth-order valence-corrected chi connectivity index (χ4v) is 3.45. The second-order valence-electron chi connectivity index (χ2n) is 6.44. The van der Waals surface area contributed by atoms with Crippen LogP contribution < -0.4 is 0 Å². The number of hydrogen-bond acceptors (Lipinski definition) is 2. The number of nitrogens with zero attached hydrogens (tertiary/aromatic N) is 1. The maximum Gasteiger partial charge on any atom is 0.188 e. The number of carbonyl (C=O) groups is 1. The molecule has 3 heteroatoms. The minimum atomic E-state index is -0.0818. The van der Waals surface area contributed by atoms with Crippen molar-refractivity contribution >= 4 is 22.8 Å². The van der Waals surface area contributed by atoms with Gasteiger partial charge in [-0.25, -0.2) is 0 Å². The highest BCUT2D eigenvalue weighted by Crippen LogP contribution is 2.32. The van der Waals surface area contributed by atoms with Gasteiger partial charge in [-0.15, -0.1) is 0 Å². The second kappa shape index (κ2) is 6.96. The second-order valence-corrected chi connectivity index (χ2v) is 6.44. The Bertz CT molecular complexity index is 1140. The van der Waals surface area contributed by atoms with Gasteiger partial charge in [0.25, 0.3) is 0 Å². The van der Waals surface area contributed by atoms with Crippen molar-refractivity contribution in [1.29, 1.82) is 0 Å². The maximum absolute atomic E-state index is 13.0. The molecule has 0 bridgehead atoms. The van der Waals surface area contributed by atoms with Crippen LogP contribution in [0.5, 0.6) is 5.75 Å². The molecule has 0 aliphatic heterocycles. The van der Waals surface area contributed by atoms with Crippen LogP contribution in [0.25, 0.3) is 22.7 Å². The molecule has 1 N–H and O–H groups in total. The summed E-state index contributed by atoms with van der Waals surface area (Å²) in [5, 5.41) is 10.7. The maximum atomic E-state index is 13.0. The number of phenolic OH excluding ortho intramolecular Hbond substituents is 1. The molecule has 1 aromatic heterocycles. The van der Waals surface area contributed by atoms with E-state index in [4.69, 9.17) is 0 Å². The average molecular weight is 353 g/mol. The predicted molar refractivity (Wildman–Crippen MR) is 109 cm³/mol. The van der Waals surface area contributed by atoms with Crippen LogP contribution in [0.15, 0.2) is 84.9 Å². The van der Waals surface area contributed by atoms with E-state index >= 15 is 0 Å². The van der Waals surface area contributed by atoms with Crippen molar-refractivity contribution in [2.75, 3.05) is 0 Å². The highest BCUT2D eigenvalue weighted by Gasteiger charge is 2.19. The molecule has 132 valence electrons. The lowest BCUT2D eigenvalue weighted by Gasteiger charge is -2.08. The Morgan fingerprint density at radius 2 is 1.59 bits per heavy atom. The zero-order valence-electron chi connectivity index (χ0n) is 15.0. The first-order valence-corrected chi connectivity index (χ1v) is 8.82. The molecule has 0 aliphatic rings. The summed E-state index contributed by atoms with van der Waals surface area (Å²) in [6, 6.07) is 24.8. The lowest BCUT2D eigenvalue weighted by Crippen LogP contribution is -2.00. The van der Waals surface area contributed by atoms with E-state index in [1.54, 1.807) is 18.2 Å². The summed E-state index contributed by atoms with van der Waals surface area (Å²) in [6.45, 7) is 1.94. The summed E-state index contributed by atoms with van der Waals surface area (Å²) < 4.78 is 2.05. The summed E-state index contributed by atoms with van der Waals surface area (Å²) in [4.78, 5) is 13.0. The molecule has 0 unspecified atom stereocenters. The average Bonchev–Trinajstić information content (AvgIpc) is 2.98. The van der Waals surface area contributed by atoms with Crippen molar-refractivity contribution in [2.24, 2.45) is 0 Å². The van der Waals surface area contributed by atoms with Crippen molar-refractivity contribution in [1.82, 2.24) is 4.57 Å². The van der Waals surface area contributed by atoms with Gasteiger partial charge in [-0.2, -0.15) is 0 Å². The van der Waals surface area contributed by atoms with Crippen molar-refractivity contribution in [3.8, 4) is 11.4 Å². The highest BCUT2D eigenvalue weighted by atomic mass is 16.3. The third-order valence-electron chi connectivity index (χ3n) is 4.68. The molecule has 0 saturated heterocycles. The molecule has 0 aliphatic carbocycles. The molecule has 4 rings (SSSR count). The van der Waals surface area contributed by atoms with Gasteiger partial charge < -0.3 is 9.67 Å². The van der Waals surface area contributed by atoms with Crippen molar-refractivity contribution in [2.45, 2.75) is 6.92 Å². The molecule has 3 nitrogen and oxygen atoms in total. The van der Waals surface area contributed by atoms with Crippen LogP contribution in [0.3, 0.4) is 0 Å². The van der Waals surface area contributed by atoms with E-state index in [0.717, 1.165) is 27.8 Å². The largest absolute Gasteiger partial charge is 0.508 e. The van der Waals surface area contributed by atoms with Crippen LogP contribution in [0.1, 0.15) is 21.6 Å². The van der Waals surface area contributed by atoms with E-state index in [2.05, 4.69) is 4.57 Å². The van der Waals surface area contributed by atoms with Crippen LogP contribution in [-0.4, -0.2) is 15.5 Å². The Kier molecular flexibility index (Phi) is 4.35. The van der Waals surface area contributed by atoms with E-state index in [-0.39, 0.29) is 11.5 Å². The van der Waals surface area contributed by atoms with Gasteiger partial charge in [-0.05, 0) is 48.9 Å². The molecular weight excluding hydrogens is 334 g/mol. The molecule has 4 aromatic rings. The van der Waals surface area contributed by atoms with E-state index in [0.29, 0.717) is 5.56 Å². The number of aromatic nitrogens is 1. The Hall–Kier alpha value is -3.59. The third-order valence-corrected chi connectivity index (χ3v) is 4.68. The minimum absolute atomic E-state index is 0.0818. The minimum Gasteiger partial charge on any atom is -0.508 e. The molecule has 0 atom stereocenters. The molecule has 27 heavy (non-hydrogen) atoms. The van der Waals surface area contributed by atoms with Crippen molar-refractivity contribution in [3.63, 3.8) is 0 Å². The van der Waals surface area contributed by atoms with Gasteiger partial charge in [0.2, 0.25) is 0 Å². The fourth-order valence-electron chi connectivity index (χ4n) is 3.45. The lowest BCUT2D eigenvalue weighted by molar-refractivity contribution is 0.104. The fraction of sp³-hybridized carbons (Fsp3) is 0.0417. The highest BCUT2D eigenvalue weighted by molar-refractivity contribution is 6.16. The summed E-state index contributed by atoms with van der Waals surface area (Å²) in [7, 11) is 0. The number of hydrogen-bond donors (Lipinski definition) is 1. The number of para-hydroxylation sites is 1. The van der Waals surface area contributed by atoms with Gasteiger partial charge >= 0.3 is 0 Å². The number of carbonyl (C=O) groups excluding carboxylic acids is 1. The van der Waals surface area contributed by atoms with Crippen molar-refractivity contribution < 1.29 is 9.90 Å². The molecular formula is C24H19NO2. The van der Waals surface area contributed by atoms with E-state index in [9.17, 15) is 9.90 Å². The van der Waals surface area contributed by atoms with E-state index in [1.807, 2.05) is 79.7 Å². The Balaban J connectivity index is 1.88. The van der Waals surface area contributed by atoms with Gasteiger partial charge in [0.1, 0.15) is 5.75 Å². The first-order valence-electron chi connectivity index (χ1n) is 8.82. The molecule has 0 spiro atoms. The summed E-state index contributed by atoms with van der Waals surface area (Å²) >= 11 is 0. The van der Waals surface area contributed by atoms with Crippen LogP contribution in [0.2, 0.25) is 0 Å². The number of benzene rings is 3. The van der Waals surface area contributed by atoms with Crippen LogP contribution in [0.4, 0.5) is 0 Å². The summed E-state index contributed by atoms with van der Waals surface area (Å²) in [6.07, 6.45) is 3.41. The smallest absolute Gasteiger partial charge is 0.188 e. The first kappa shape index (κ1) is 16.9. The molecule has 0 amide bonds. The number of fused-ring (bicyclic) bond motifs is 1. The van der Waals surface area contributed by atoms with Gasteiger partial charge in [0.05, 0.1) is 11.1 Å². The van der Waals surface area contributed by atoms with Gasteiger partial charge in [-0.3, -0.25) is 4.79 Å². The van der Waals surface area contributed by atoms with Gasteiger partial charge in [0.15, 0.2) is 5.78 Å². The zero-order valence-corrected chi connectivity index (χ0v) is 15.0. The Morgan fingerprint density at radius 3 is 2.30 bits per heavy atom. The Morgan fingerprint density at radius 1 is 0.926 bits per heavy atom.